The van der Waals surface area contributed by atoms with Crippen molar-refractivity contribution in [3.63, 3.8) is 0 Å². The van der Waals surface area contributed by atoms with Crippen LogP contribution in [0, 0.1) is 5.92 Å². The van der Waals surface area contributed by atoms with E-state index in [-0.39, 0.29) is 0 Å². The van der Waals surface area contributed by atoms with Crippen molar-refractivity contribution >= 4 is 0 Å². The highest BCUT2D eigenvalue weighted by Crippen LogP contribution is 2.19. The molecule has 1 fully saturated rings. The zero-order valence-corrected chi connectivity index (χ0v) is 10.5. The molecule has 0 radical (unpaired) electrons. The van der Waals surface area contributed by atoms with E-state index in [1.165, 1.54) is 19.3 Å². The summed E-state index contributed by atoms with van der Waals surface area (Å²) in [5.74, 6) is 0.733. The monoisotopic (exact) mass is 214 g/mol. The van der Waals surface area contributed by atoms with Crippen molar-refractivity contribution in [3.8, 4) is 0 Å². The molecule has 15 heavy (non-hydrogen) atoms. The third kappa shape index (κ3) is 4.96. The van der Waals surface area contributed by atoms with Gasteiger partial charge in [0.1, 0.15) is 0 Å². The Labute approximate surface area is 94.2 Å². The predicted molar refractivity (Wildman–Crippen MR) is 64.2 cm³/mol. The van der Waals surface area contributed by atoms with E-state index in [2.05, 4.69) is 31.2 Å². The van der Waals surface area contributed by atoms with Gasteiger partial charge in [0.15, 0.2) is 0 Å². The fraction of sp³-hybridized carbons (Fsp3) is 1.00. The molecule has 2 atom stereocenters. The number of nitrogens with one attached hydrogen (secondary N) is 1. The predicted octanol–water partition coefficient (Wildman–Crippen LogP) is 1.34. The maximum atomic E-state index is 5.47. The molecule has 90 valence electrons. The summed E-state index contributed by atoms with van der Waals surface area (Å²) in [5.41, 5.74) is 0. The highest BCUT2D eigenvalue weighted by atomic mass is 16.5. The summed E-state index contributed by atoms with van der Waals surface area (Å²) >= 11 is 0. The molecule has 1 aliphatic rings. The highest BCUT2D eigenvalue weighted by molar-refractivity contribution is 4.79. The Morgan fingerprint density at radius 1 is 1.47 bits per heavy atom. The first-order valence-electron chi connectivity index (χ1n) is 6.20. The second kappa shape index (κ2) is 7.20. The van der Waals surface area contributed by atoms with Gasteiger partial charge < -0.3 is 15.0 Å². The maximum absolute atomic E-state index is 5.47. The topological polar surface area (TPSA) is 24.5 Å². The van der Waals surface area contributed by atoms with Crippen molar-refractivity contribution in [2.45, 2.75) is 32.2 Å². The van der Waals surface area contributed by atoms with Crippen LogP contribution in [0.2, 0.25) is 0 Å². The van der Waals surface area contributed by atoms with Gasteiger partial charge in [-0.3, -0.25) is 0 Å². The molecule has 1 rings (SSSR count). The van der Waals surface area contributed by atoms with E-state index in [4.69, 9.17) is 4.74 Å². The normalized spacial score (nSPS) is 23.6. The van der Waals surface area contributed by atoms with E-state index in [1.807, 2.05) is 0 Å². The molecular formula is C12H26N2O. The van der Waals surface area contributed by atoms with Gasteiger partial charge in [-0.2, -0.15) is 0 Å². The quantitative estimate of drug-likeness (QED) is 0.692. The van der Waals surface area contributed by atoms with Crippen LogP contribution in [0.15, 0.2) is 0 Å². The molecule has 0 aliphatic carbocycles. The van der Waals surface area contributed by atoms with Crippen LogP contribution >= 0.6 is 0 Å². The van der Waals surface area contributed by atoms with E-state index >= 15 is 0 Å². The van der Waals surface area contributed by atoms with E-state index in [9.17, 15) is 0 Å². The molecule has 3 heteroatoms. The Balaban J connectivity index is 2.30. The third-order valence-corrected chi connectivity index (χ3v) is 3.08. The van der Waals surface area contributed by atoms with E-state index in [1.54, 1.807) is 0 Å². The first-order valence-corrected chi connectivity index (χ1v) is 6.20. The van der Waals surface area contributed by atoms with Crippen LogP contribution in [-0.4, -0.2) is 51.3 Å². The molecule has 0 saturated carbocycles. The van der Waals surface area contributed by atoms with Gasteiger partial charge in [0.05, 0.1) is 6.61 Å². The number of hydrogen-bond acceptors (Lipinski definition) is 3. The van der Waals surface area contributed by atoms with Crippen molar-refractivity contribution in [2.24, 2.45) is 5.92 Å². The molecule has 1 heterocycles. The number of rotatable bonds is 7. The van der Waals surface area contributed by atoms with Crippen LogP contribution in [-0.2, 0) is 4.74 Å². The van der Waals surface area contributed by atoms with Gasteiger partial charge in [-0.1, -0.05) is 6.92 Å². The average molecular weight is 214 g/mol. The second-order valence-electron chi connectivity index (χ2n) is 4.78. The lowest BCUT2D eigenvalue weighted by atomic mass is 9.96. The lowest BCUT2D eigenvalue weighted by molar-refractivity contribution is 0.173. The zero-order chi connectivity index (χ0) is 11.1. The van der Waals surface area contributed by atoms with Crippen molar-refractivity contribution in [3.05, 3.63) is 0 Å². The molecule has 0 aromatic rings. The largest absolute Gasteiger partial charge is 0.381 e. The molecule has 2 unspecified atom stereocenters. The van der Waals surface area contributed by atoms with Crippen molar-refractivity contribution in [1.29, 1.82) is 0 Å². The zero-order valence-electron chi connectivity index (χ0n) is 10.5. The smallest absolute Gasteiger partial charge is 0.0510 e. The fourth-order valence-corrected chi connectivity index (χ4v) is 2.10. The highest BCUT2D eigenvalue weighted by Gasteiger charge is 2.24. The Morgan fingerprint density at radius 3 is 2.80 bits per heavy atom. The minimum absolute atomic E-state index is 0.648. The molecular weight excluding hydrogens is 188 g/mol. The summed E-state index contributed by atoms with van der Waals surface area (Å²) in [4.78, 5) is 2.26. The van der Waals surface area contributed by atoms with Crippen molar-refractivity contribution in [1.82, 2.24) is 10.2 Å². The molecule has 1 aliphatic heterocycles. The van der Waals surface area contributed by atoms with Gasteiger partial charge in [0, 0.05) is 12.6 Å². The summed E-state index contributed by atoms with van der Waals surface area (Å²) in [6.07, 6.45) is 3.68. The first-order chi connectivity index (χ1) is 7.24. The number of nitrogens with zero attached hydrogens (tertiary/aromatic N) is 1. The van der Waals surface area contributed by atoms with Crippen LogP contribution in [0.25, 0.3) is 0 Å². The number of ether oxygens (including phenoxy) is 1. The van der Waals surface area contributed by atoms with Gasteiger partial charge in [-0.15, -0.1) is 0 Å². The SMILES string of the molecule is CCCNC(CCN(C)C)C1CCOC1. The maximum Gasteiger partial charge on any atom is 0.0510 e. The molecule has 0 aromatic carbocycles. The van der Waals surface area contributed by atoms with Gasteiger partial charge in [-0.05, 0) is 52.4 Å². The molecule has 0 aromatic heterocycles. The summed E-state index contributed by atoms with van der Waals surface area (Å²) in [6.45, 7) is 6.43. The van der Waals surface area contributed by atoms with E-state index < -0.39 is 0 Å². The average Bonchev–Trinajstić information content (AvgIpc) is 2.71. The van der Waals surface area contributed by atoms with Gasteiger partial charge in [0.2, 0.25) is 0 Å². The summed E-state index contributed by atoms with van der Waals surface area (Å²) in [6, 6.07) is 0.648. The Bertz CT molecular complexity index is 156. The molecule has 0 spiro atoms. The third-order valence-electron chi connectivity index (χ3n) is 3.08. The summed E-state index contributed by atoms with van der Waals surface area (Å²) in [5, 5.41) is 3.66. The van der Waals surface area contributed by atoms with Gasteiger partial charge >= 0.3 is 0 Å². The lowest BCUT2D eigenvalue weighted by Crippen LogP contribution is -2.39. The van der Waals surface area contributed by atoms with Crippen molar-refractivity contribution in [2.75, 3.05) is 40.4 Å². The standard InChI is InChI=1S/C12H26N2O/c1-4-7-13-12(5-8-14(2)3)11-6-9-15-10-11/h11-13H,4-10H2,1-3H3. The summed E-state index contributed by atoms with van der Waals surface area (Å²) in [7, 11) is 4.28. The second-order valence-corrected chi connectivity index (χ2v) is 4.78. The van der Waals surface area contributed by atoms with Crippen LogP contribution in [0.3, 0.4) is 0 Å². The van der Waals surface area contributed by atoms with E-state index in [0.29, 0.717) is 6.04 Å². The van der Waals surface area contributed by atoms with Crippen LogP contribution in [0.4, 0.5) is 0 Å². The minimum atomic E-state index is 0.648. The molecule has 0 amide bonds. The van der Waals surface area contributed by atoms with Crippen LogP contribution in [0.1, 0.15) is 26.2 Å². The Morgan fingerprint density at radius 2 is 2.27 bits per heavy atom. The van der Waals surface area contributed by atoms with E-state index in [0.717, 1.165) is 32.2 Å². The van der Waals surface area contributed by atoms with Crippen molar-refractivity contribution < 1.29 is 4.74 Å². The Kier molecular flexibility index (Phi) is 6.22. The van der Waals surface area contributed by atoms with Crippen LogP contribution < -0.4 is 5.32 Å². The molecule has 1 saturated heterocycles. The lowest BCUT2D eigenvalue weighted by Gasteiger charge is -2.25. The molecule has 3 nitrogen and oxygen atoms in total. The summed E-state index contributed by atoms with van der Waals surface area (Å²) < 4.78 is 5.47. The van der Waals surface area contributed by atoms with Crippen LogP contribution in [0.5, 0.6) is 0 Å². The van der Waals surface area contributed by atoms with Gasteiger partial charge in [-0.25, -0.2) is 0 Å². The van der Waals surface area contributed by atoms with Gasteiger partial charge in [0.25, 0.3) is 0 Å². The number of hydrogen-bond donors (Lipinski definition) is 1. The molecule has 0 bridgehead atoms. The first kappa shape index (κ1) is 12.9. The Hall–Kier alpha value is -0.120. The minimum Gasteiger partial charge on any atom is -0.381 e. The molecule has 1 N–H and O–H groups in total. The fourth-order valence-electron chi connectivity index (χ4n) is 2.10.